The van der Waals surface area contributed by atoms with E-state index in [1.807, 2.05) is 0 Å². The molecule has 0 aromatic rings. The lowest BCUT2D eigenvalue weighted by Crippen LogP contribution is -2.19. The van der Waals surface area contributed by atoms with Crippen molar-refractivity contribution in [3.05, 3.63) is 0 Å². The van der Waals surface area contributed by atoms with Gasteiger partial charge in [-0.05, 0) is 20.3 Å². The van der Waals surface area contributed by atoms with Crippen molar-refractivity contribution in [1.29, 1.82) is 0 Å². The van der Waals surface area contributed by atoms with Crippen LogP contribution in [0.5, 0.6) is 0 Å². The van der Waals surface area contributed by atoms with Crippen LogP contribution < -0.4 is 0 Å². The number of alkyl halides is 1. The first kappa shape index (κ1) is 11.7. The van der Waals surface area contributed by atoms with Crippen LogP contribution in [-0.4, -0.2) is 16.6 Å². The predicted octanol–water partition coefficient (Wildman–Crippen LogP) is 3.41. The summed E-state index contributed by atoms with van der Waals surface area (Å²) >= 11 is 2.40. The number of ether oxygens (including phenoxy) is 1. The Balaban J connectivity index is 3.41. The van der Waals surface area contributed by atoms with Gasteiger partial charge in [0.1, 0.15) is 0 Å². The van der Waals surface area contributed by atoms with E-state index in [4.69, 9.17) is 4.74 Å². The molecule has 0 saturated heterocycles. The van der Waals surface area contributed by atoms with Gasteiger partial charge in [-0.2, -0.15) is 0 Å². The SMILES string of the molecule is CCCCC(CI)OC(C)C. The maximum absolute atomic E-state index is 5.69. The van der Waals surface area contributed by atoms with Gasteiger partial charge in [-0.25, -0.2) is 0 Å². The second kappa shape index (κ2) is 7.35. The molecule has 0 radical (unpaired) electrons. The third-order valence-corrected chi connectivity index (χ3v) is 2.50. The minimum atomic E-state index is 0.381. The van der Waals surface area contributed by atoms with E-state index < -0.39 is 0 Å². The minimum absolute atomic E-state index is 0.381. The molecule has 0 aliphatic carbocycles. The van der Waals surface area contributed by atoms with E-state index in [1.165, 1.54) is 19.3 Å². The Morgan fingerprint density at radius 2 is 2.00 bits per heavy atom. The highest BCUT2D eigenvalue weighted by Crippen LogP contribution is 2.09. The molecule has 0 aromatic heterocycles. The molecule has 0 rings (SSSR count). The Labute approximate surface area is 84.0 Å². The zero-order valence-corrected chi connectivity index (χ0v) is 9.93. The van der Waals surface area contributed by atoms with Crippen molar-refractivity contribution in [2.75, 3.05) is 4.43 Å². The van der Waals surface area contributed by atoms with Gasteiger partial charge >= 0.3 is 0 Å². The zero-order chi connectivity index (χ0) is 8.69. The largest absolute Gasteiger partial charge is 0.375 e. The second-order valence-electron chi connectivity index (χ2n) is 3.10. The highest BCUT2D eigenvalue weighted by molar-refractivity contribution is 14.1. The first-order valence-electron chi connectivity index (χ1n) is 4.42. The van der Waals surface area contributed by atoms with Crippen LogP contribution >= 0.6 is 22.6 Å². The van der Waals surface area contributed by atoms with E-state index in [-0.39, 0.29) is 0 Å². The number of unbranched alkanes of at least 4 members (excludes halogenated alkanes) is 1. The van der Waals surface area contributed by atoms with E-state index in [9.17, 15) is 0 Å². The fraction of sp³-hybridized carbons (Fsp3) is 1.00. The van der Waals surface area contributed by atoms with Gasteiger partial charge in [-0.3, -0.25) is 0 Å². The van der Waals surface area contributed by atoms with Gasteiger partial charge in [0.2, 0.25) is 0 Å². The molecule has 0 bridgehead atoms. The van der Waals surface area contributed by atoms with Crippen molar-refractivity contribution in [3.8, 4) is 0 Å². The van der Waals surface area contributed by atoms with Crippen molar-refractivity contribution >= 4 is 22.6 Å². The fourth-order valence-corrected chi connectivity index (χ4v) is 1.65. The first-order chi connectivity index (χ1) is 5.20. The molecule has 68 valence electrons. The summed E-state index contributed by atoms with van der Waals surface area (Å²) < 4.78 is 6.82. The summed E-state index contributed by atoms with van der Waals surface area (Å²) in [7, 11) is 0. The van der Waals surface area contributed by atoms with Crippen LogP contribution in [0.3, 0.4) is 0 Å². The van der Waals surface area contributed by atoms with Crippen LogP contribution in [0.2, 0.25) is 0 Å². The molecule has 1 atom stereocenters. The highest BCUT2D eigenvalue weighted by atomic mass is 127. The Morgan fingerprint density at radius 3 is 2.36 bits per heavy atom. The molecular weight excluding hydrogens is 251 g/mol. The molecule has 0 aliphatic rings. The summed E-state index contributed by atoms with van der Waals surface area (Å²) in [6.45, 7) is 6.43. The molecule has 0 heterocycles. The average Bonchev–Trinajstić information content (AvgIpc) is 1.97. The Kier molecular flexibility index (Phi) is 7.81. The summed E-state index contributed by atoms with van der Waals surface area (Å²) in [6, 6.07) is 0. The van der Waals surface area contributed by atoms with Crippen LogP contribution in [-0.2, 0) is 4.74 Å². The summed E-state index contributed by atoms with van der Waals surface area (Å²) in [5.41, 5.74) is 0. The molecule has 0 fully saturated rings. The molecule has 0 N–H and O–H groups in total. The smallest absolute Gasteiger partial charge is 0.0667 e. The van der Waals surface area contributed by atoms with Crippen molar-refractivity contribution in [3.63, 3.8) is 0 Å². The summed E-state index contributed by atoms with van der Waals surface area (Å²) in [4.78, 5) is 0. The van der Waals surface area contributed by atoms with Crippen LogP contribution in [0, 0.1) is 0 Å². The number of halogens is 1. The predicted molar refractivity (Wildman–Crippen MR) is 58.4 cm³/mol. The van der Waals surface area contributed by atoms with Crippen molar-refractivity contribution in [2.24, 2.45) is 0 Å². The van der Waals surface area contributed by atoms with Crippen LogP contribution in [0.15, 0.2) is 0 Å². The monoisotopic (exact) mass is 270 g/mol. The number of hydrogen-bond acceptors (Lipinski definition) is 1. The van der Waals surface area contributed by atoms with E-state index in [1.54, 1.807) is 0 Å². The molecule has 0 spiro atoms. The zero-order valence-electron chi connectivity index (χ0n) is 7.77. The second-order valence-corrected chi connectivity index (χ2v) is 3.98. The molecule has 11 heavy (non-hydrogen) atoms. The highest BCUT2D eigenvalue weighted by Gasteiger charge is 2.07. The van der Waals surface area contributed by atoms with Gasteiger partial charge in [0, 0.05) is 4.43 Å². The molecule has 0 aliphatic heterocycles. The van der Waals surface area contributed by atoms with E-state index in [2.05, 4.69) is 43.4 Å². The number of hydrogen-bond donors (Lipinski definition) is 0. The van der Waals surface area contributed by atoms with Crippen LogP contribution in [0.1, 0.15) is 40.0 Å². The Hall–Kier alpha value is 0.690. The van der Waals surface area contributed by atoms with Crippen LogP contribution in [0.25, 0.3) is 0 Å². The van der Waals surface area contributed by atoms with Crippen molar-refractivity contribution in [1.82, 2.24) is 0 Å². The topological polar surface area (TPSA) is 9.23 Å². The molecule has 1 nitrogen and oxygen atoms in total. The summed E-state index contributed by atoms with van der Waals surface area (Å²) in [6.07, 6.45) is 4.65. The Bertz CT molecular complexity index is 83.6. The lowest BCUT2D eigenvalue weighted by Gasteiger charge is -2.17. The molecule has 0 aromatic carbocycles. The normalized spacial score (nSPS) is 13.9. The van der Waals surface area contributed by atoms with Gasteiger partial charge in [-0.1, -0.05) is 42.4 Å². The van der Waals surface area contributed by atoms with Gasteiger partial charge in [-0.15, -0.1) is 0 Å². The third-order valence-electron chi connectivity index (χ3n) is 1.52. The maximum Gasteiger partial charge on any atom is 0.0667 e. The van der Waals surface area contributed by atoms with E-state index in [0.29, 0.717) is 12.2 Å². The summed E-state index contributed by atoms with van der Waals surface area (Å²) in [5.74, 6) is 0. The van der Waals surface area contributed by atoms with Gasteiger partial charge in [0.05, 0.1) is 12.2 Å². The average molecular weight is 270 g/mol. The lowest BCUT2D eigenvalue weighted by molar-refractivity contribution is 0.0178. The minimum Gasteiger partial charge on any atom is -0.375 e. The first-order valence-corrected chi connectivity index (χ1v) is 5.94. The number of rotatable bonds is 6. The standard InChI is InChI=1S/C9H19IO/c1-4-5-6-9(7-10)11-8(2)3/h8-9H,4-7H2,1-3H3. The Morgan fingerprint density at radius 1 is 1.36 bits per heavy atom. The quantitative estimate of drug-likeness (QED) is 0.531. The van der Waals surface area contributed by atoms with E-state index >= 15 is 0 Å². The molecule has 0 amide bonds. The fourth-order valence-electron chi connectivity index (χ4n) is 0.998. The maximum atomic E-state index is 5.69. The molecule has 2 heteroatoms. The molecule has 1 unspecified atom stereocenters. The summed E-state index contributed by atoms with van der Waals surface area (Å²) in [5, 5.41) is 0. The van der Waals surface area contributed by atoms with E-state index in [0.717, 1.165) is 4.43 Å². The third kappa shape index (κ3) is 7.06. The molecule has 0 saturated carbocycles. The van der Waals surface area contributed by atoms with Gasteiger partial charge < -0.3 is 4.74 Å². The molecular formula is C9H19IO. The van der Waals surface area contributed by atoms with Crippen molar-refractivity contribution in [2.45, 2.75) is 52.2 Å². The van der Waals surface area contributed by atoms with Crippen molar-refractivity contribution < 1.29 is 4.74 Å². The van der Waals surface area contributed by atoms with Gasteiger partial charge in [0.25, 0.3) is 0 Å². The van der Waals surface area contributed by atoms with Crippen LogP contribution in [0.4, 0.5) is 0 Å². The van der Waals surface area contributed by atoms with Gasteiger partial charge in [0.15, 0.2) is 0 Å². The lowest BCUT2D eigenvalue weighted by atomic mass is 10.2.